The smallest absolute Gasteiger partial charge is 0.302 e. The highest BCUT2D eigenvalue weighted by Crippen LogP contribution is 2.31. The number of anilines is 1. The van der Waals surface area contributed by atoms with Gasteiger partial charge in [0.05, 0.1) is 19.5 Å². The van der Waals surface area contributed by atoms with E-state index in [1.807, 2.05) is 0 Å². The Hall–Kier alpha value is -2.37. The molecule has 8 N–H and O–H groups in total. The molecule has 30 heavy (non-hydrogen) atoms. The van der Waals surface area contributed by atoms with Gasteiger partial charge in [-0.15, -0.1) is 4.73 Å². The van der Waals surface area contributed by atoms with E-state index in [9.17, 15) is 35.4 Å². The molecule has 2 aromatic rings. The summed E-state index contributed by atoms with van der Waals surface area (Å²) in [5.41, 5.74) is 4.57. The third kappa shape index (κ3) is 3.12. The zero-order chi connectivity index (χ0) is 21.7. The second-order valence-corrected chi connectivity index (χ2v) is 6.93. The Bertz CT molecular complexity index is 981. The van der Waals surface area contributed by atoms with Crippen molar-refractivity contribution in [1.82, 2.24) is 19.3 Å². The van der Waals surface area contributed by atoms with Crippen LogP contribution in [0, 0.1) is 0 Å². The first-order chi connectivity index (χ1) is 14.3. The topological polar surface area (TPSA) is 228 Å². The van der Waals surface area contributed by atoms with E-state index < -0.39 is 73.9 Å². The maximum absolute atomic E-state index is 12.2. The summed E-state index contributed by atoms with van der Waals surface area (Å²) in [4.78, 5) is 25.3. The standard InChI is InChI=1S/C15H21N5O10/c16-15-18-11(26)6-12(20(15)30-10-8(24)5(2-22)29-14(10)27)19(3-17-6)13-9(25)7(23)4(1-21)28-13/h3-5,7-10,13-14,21-25,27H,1-2H2,(H2,16,18,26)/t4?,5-,7?,8-,9?,10+,13?,14-/m1/s1. The van der Waals surface area contributed by atoms with Gasteiger partial charge in [-0.3, -0.25) is 9.36 Å². The lowest BCUT2D eigenvalue weighted by atomic mass is 10.1. The van der Waals surface area contributed by atoms with E-state index in [-0.39, 0.29) is 11.2 Å². The number of rotatable bonds is 5. The van der Waals surface area contributed by atoms with Crippen LogP contribution in [0.3, 0.4) is 0 Å². The number of nitrogens with zero attached hydrogens (tertiary/aromatic N) is 4. The van der Waals surface area contributed by atoms with E-state index in [1.54, 1.807) is 0 Å². The van der Waals surface area contributed by atoms with Crippen LogP contribution in [0.4, 0.5) is 5.95 Å². The number of ether oxygens (including phenoxy) is 2. The number of hydrogen-bond donors (Lipinski definition) is 7. The fraction of sp³-hybridized carbons (Fsp3) is 0.667. The van der Waals surface area contributed by atoms with Crippen LogP contribution in [-0.2, 0) is 9.47 Å². The Balaban J connectivity index is 1.79. The van der Waals surface area contributed by atoms with Crippen molar-refractivity contribution in [3.63, 3.8) is 0 Å². The van der Waals surface area contributed by atoms with E-state index >= 15 is 0 Å². The van der Waals surface area contributed by atoms with Crippen LogP contribution in [0.1, 0.15) is 6.23 Å². The first kappa shape index (κ1) is 20.9. The highest BCUT2D eigenvalue weighted by Gasteiger charge is 2.47. The number of nitrogen functional groups attached to an aromatic ring is 1. The highest BCUT2D eigenvalue weighted by molar-refractivity contribution is 5.71. The first-order valence-electron chi connectivity index (χ1n) is 8.95. The van der Waals surface area contributed by atoms with Crippen LogP contribution >= 0.6 is 0 Å². The Morgan fingerprint density at radius 2 is 1.73 bits per heavy atom. The summed E-state index contributed by atoms with van der Waals surface area (Å²) in [5.74, 6) is -0.479. The number of aliphatic hydroxyl groups excluding tert-OH is 6. The predicted octanol–water partition coefficient (Wildman–Crippen LogP) is -5.35. The largest absolute Gasteiger partial charge is 0.397 e. The minimum Gasteiger partial charge on any atom is -0.397 e. The van der Waals surface area contributed by atoms with Gasteiger partial charge in [-0.05, 0) is 0 Å². The van der Waals surface area contributed by atoms with Crippen LogP contribution in [0.25, 0.3) is 11.2 Å². The van der Waals surface area contributed by atoms with E-state index in [2.05, 4.69) is 9.97 Å². The summed E-state index contributed by atoms with van der Waals surface area (Å²) in [7, 11) is 0. The lowest BCUT2D eigenvalue weighted by molar-refractivity contribution is -0.147. The zero-order valence-corrected chi connectivity index (χ0v) is 15.3. The van der Waals surface area contributed by atoms with Gasteiger partial charge in [0.1, 0.15) is 30.5 Å². The molecule has 2 aliphatic heterocycles. The van der Waals surface area contributed by atoms with Gasteiger partial charge in [-0.2, -0.15) is 4.98 Å². The molecule has 2 fully saturated rings. The molecule has 0 aromatic carbocycles. The molecule has 2 aromatic heterocycles. The van der Waals surface area contributed by atoms with Crippen molar-refractivity contribution in [2.45, 2.75) is 49.1 Å². The minimum absolute atomic E-state index is 0.158. The third-order valence-electron chi connectivity index (χ3n) is 5.10. The van der Waals surface area contributed by atoms with Gasteiger partial charge in [0.2, 0.25) is 12.1 Å². The van der Waals surface area contributed by atoms with Crippen LogP contribution in [0.15, 0.2) is 11.1 Å². The molecule has 4 unspecified atom stereocenters. The van der Waals surface area contributed by atoms with Gasteiger partial charge in [-0.1, -0.05) is 0 Å². The summed E-state index contributed by atoms with van der Waals surface area (Å²) in [6, 6.07) is 0. The van der Waals surface area contributed by atoms with Crippen LogP contribution in [0.5, 0.6) is 0 Å². The summed E-state index contributed by atoms with van der Waals surface area (Å²) in [5, 5.41) is 59.1. The summed E-state index contributed by atoms with van der Waals surface area (Å²) < 4.78 is 12.4. The van der Waals surface area contributed by atoms with Crippen molar-refractivity contribution in [3.8, 4) is 0 Å². The van der Waals surface area contributed by atoms with E-state index in [0.717, 1.165) is 15.6 Å². The van der Waals surface area contributed by atoms with Crippen molar-refractivity contribution < 1.29 is 45.0 Å². The number of nitrogens with two attached hydrogens (primary N) is 1. The van der Waals surface area contributed by atoms with E-state index in [0.29, 0.717) is 0 Å². The molecule has 4 rings (SSSR count). The Labute approximate surface area is 167 Å². The normalized spacial score (nSPS) is 36.6. The number of hydrogen-bond acceptors (Lipinski definition) is 13. The molecule has 15 nitrogen and oxygen atoms in total. The molecule has 0 bridgehead atoms. The maximum atomic E-state index is 12.2. The predicted molar refractivity (Wildman–Crippen MR) is 93.6 cm³/mol. The quantitative estimate of drug-likeness (QED) is 0.235. The van der Waals surface area contributed by atoms with E-state index in [4.69, 9.17) is 20.0 Å². The lowest BCUT2D eigenvalue weighted by Crippen LogP contribution is -2.43. The summed E-state index contributed by atoms with van der Waals surface area (Å²) in [6.45, 7) is -1.17. The molecule has 15 heteroatoms. The Kier molecular flexibility index (Phi) is 5.37. The average molecular weight is 431 g/mol. The monoisotopic (exact) mass is 431 g/mol. The van der Waals surface area contributed by atoms with Crippen molar-refractivity contribution in [2.75, 3.05) is 18.9 Å². The average Bonchev–Trinajstić information content (AvgIpc) is 3.35. The molecular formula is C15H21N5O10. The zero-order valence-electron chi connectivity index (χ0n) is 15.3. The van der Waals surface area contributed by atoms with Crippen LogP contribution in [-0.4, -0.2) is 106 Å². The molecule has 0 aliphatic carbocycles. The summed E-state index contributed by atoms with van der Waals surface area (Å²) >= 11 is 0. The molecular weight excluding hydrogens is 410 g/mol. The van der Waals surface area contributed by atoms with E-state index in [1.165, 1.54) is 0 Å². The molecule has 0 saturated carbocycles. The second kappa shape index (κ2) is 7.71. The molecule has 0 amide bonds. The number of fused-ring (bicyclic) bond motifs is 1. The van der Waals surface area contributed by atoms with Gasteiger partial charge in [-0.25, -0.2) is 4.98 Å². The van der Waals surface area contributed by atoms with Gasteiger partial charge in [0, 0.05) is 0 Å². The Morgan fingerprint density at radius 3 is 2.33 bits per heavy atom. The molecule has 0 spiro atoms. The molecule has 0 radical (unpaired) electrons. The molecule has 8 atom stereocenters. The Morgan fingerprint density at radius 1 is 1.07 bits per heavy atom. The van der Waals surface area contributed by atoms with Crippen molar-refractivity contribution in [3.05, 3.63) is 16.7 Å². The van der Waals surface area contributed by atoms with Gasteiger partial charge in [0.15, 0.2) is 23.7 Å². The fourth-order valence-electron chi connectivity index (χ4n) is 3.52. The highest BCUT2D eigenvalue weighted by atomic mass is 16.7. The minimum atomic E-state index is -1.64. The first-order valence-corrected chi connectivity index (χ1v) is 8.95. The van der Waals surface area contributed by atoms with Gasteiger partial charge >= 0.3 is 5.56 Å². The fourth-order valence-corrected chi connectivity index (χ4v) is 3.52. The molecule has 2 aliphatic rings. The molecule has 2 saturated heterocycles. The third-order valence-corrected chi connectivity index (χ3v) is 5.10. The number of imidazole rings is 1. The van der Waals surface area contributed by atoms with Crippen molar-refractivity contribution in [1.29, 1.82) is 0 Å². The maximum Gasteiger partial charge on any atom is 0.302 e. The van der Waals surface area contributed by atoms with Crippen LogP contribution in [0.2, 0.25) is 0 Å². The van der Waals surface area contributed by atoms with Crippen molar-refractivity contribution >= 4 is 17.1 Å². The van der Waals surface area contributed by atoms with Crippen molar-refractivity contribution in [2.24, 2.45) is 0 Å². The number of aromatic nitrogens is 4. The number of aliphatic hydroxyl groups is 6. The molecule has 166 valence electrons. The second-order valence-electron chi connectivity index (χ2n) is 6.93. The van der Waals surface area contributed by atoms with Gasteiger partial charge < -0.3 is 50.7 Å². The summed E-state index contributed by atoms with van der Waals surface area (Å²) in [6.07, 6.45) is -9.83. The van der Waals surface area contributed by atoms with Crippen LogP contribution < -0.4 is 16.1 Å². The lowest BCUT2D eigenvalue weighted by Gasteiger charge is -2.23. The SMILES string of the molecule is Nc1nc(=O)c2ncn(C3OC(CO)C(O)C3O)c2n1O[C@H]1[C@H](O)[C@@H](CO)O[C@H]1O. The molecule has 4 heterocycles. The van der Waals surface area contributed by atoms with Gasteiger partial charge in [0.25, 0.3) is 0 Å².